The summed E-state index contributed by atoms with van der Waals surface area (Å²) in [7, 11) is 0. The molecule has 17 heavy (non-hydrogen) atoms. The van der Waals surface area contributed by atoms with Gasteiger partial charge in [-0.3, -0.25) is 4.98 Å². The molecule has 1 unspecified atom stereocenters. The van der Waals surface area contributed by atoms with Gasteiger partial charge in [0.2, 0.25) is 0 Å². The average Bonchev–Trinajstić information content (AvgIpc) is 2.94. The van der Waals surface area contributed by atoms with E-state index in [0.717, 1.165) is 42.9 Å². The number of aryl methyl sites for hydroxylation is 1. The number of halogens is 1. The van der Waals surface area contributed by atoms with E-state index < -0.39 is 0 Å². The van der Waals surface area contributed by atoms with Crippen molar-refractivity contribution in [3.8, 4) is 0 Å². The van der Waals surface area contributed by atoms with Crippen molar-refractivity contribution in [3.05, 3.63) is 24.3 Å². The zero-order chi connectivity index (χ0) is 11.7. The lowest BCUT2D eigenvalue weighted by atomic mass is 10.2. The van der Waals surface area contributed by atoms with Gasteiger partial charge < -0.3 is 9.30 Å². The Kier molecular flexibility index (Phi) is 2.99. The third-order valence-corrected chi connectivity index (χ3v) is 3.34. The molecule has 0 N–H and O–H groups in total. The number of pyridine rings is 1. The maximum absolute atomic E-state index is 5.84. The zero-order valence-corrected chi connectivity index (χ0v) is 10.2. The summed E-state index contributed by atoms with van der Waals surface area (Å²) < 4.78 is 7.74. The Morgan fingerprint density at radius 3 is 3.24 bits per heavy atom. The summed E-state index contributed by atoms with van der Waals surface area (Å²) in [6.45, 7) is 1.60. The van der Waals surface area contributed by atoms with Gasteiger partial charge in [0, 0.05) is 25.1 Å². The van der Waals surface area contributed by atoms with Crippen molar-refractivity contribution in [1.29, 1.82) is 0 Å². The van der Waals surface area contributed by atoms with Gasteiger partial charge in [-0.25, -0.2) is 4.98 Å². The van der Waals surface area contributed by atoms with Crippen LogP contribution in [0.3, 0.4) is 0 Å². The van der Waals surface area contributed by atoms with Crippen molar-refractivity contribution in [3.63, 3.8) is 0 Å². The van der Waals surface area contributed by atoms with Crippen molar-refractivity contribution < 1.29 is 4.74 Å². The number of fused-ring (bicyclic) bond motifs is 1. The molecule has 1 aliphatic rings. The Bertz CT molecular complexity index is 519. The molecule has 0 bridgehead atoms. The first-order chi connectivity index (χ1) is 8.40. The zero-order valence-electron chi connectivity index (χ0n) is 9.47. The monoisotopic (exact) mass is 251 g/mol. The minimum absolute atomic E-state index is 0.389. The first-order valence-electron chi connectivity index (χ1n) is 5.84. The second-order valence-corrected chi connectivity index (χ2v) is 4.60. The van der Waals surface area contributed by atoms with Crippen LogP contribution < -0.4 is 0 Å². The summed E-state index contributed by atoms with van der Waals surface area (Å²) in [5.41, 5.74) is 2.08. The van der Waals surface area contributed by atoms with Gasteiger partial charge in [0.1, 0.15) is 11.3 Å². The molecule has 3 rings (SSSR count). The van der Waals surface area contributed by atoms with Gasteiger partial charge in [0.05, 0.1) is 24.4 Å². The summed E-state index contributed by atoms with van der Waals surface area (Å²) in [6, 6.07) is 2.40. The van der Waals surface area contributed by atoms with E-state index in [-0.39, 0.29) is 0 Å². The molecule has 5 heteroatoms. The third-order valence-electron chi connectivity index (χ3n) is 3.15. The second-order valence-electron chi connectivity index (χ2n) is 4.22. The van der Waals surface area contributed by atoms with Gasteiger partial charge in [-0.15, -0.1) is 11.6 Å². The third kappa shape index (κ3) is 1.91. The molecule has 1 saturated heterocycles. The molecule has 0 saturated carbocycles. The molecular weight excluding hydrogens is 238 g/mol. The largest absolute Gasteiger partial charge is 0.379 e. The number of alkyl halides is 1. The summed E-state index contributed by atoms with van der Waals surface area (Å²) in [4.78, 5) is 8.72. The second kappa shape index (κ2) is 4.63. The summed E-state index contributed by atoms with van der Waals surface area (Å²) in [6.07, 6.45) is 5.44. The highest BCUT2D eigenvalue weighted by molar-refractivity contribution is 6.17. The highest BCUT2D eigenvalue weighted by Crippen LogP contribution is 2.26. The maximum atomic E-state index is 5.84. The predicted octanol–water partition coefficient (Wildman–Crippen LogP) is 2.17. The normalized spacial score (nSPS) is 20.2. The van der Waals surface area contributed by atoms with Crippen LogP contribution in [0.5, 0.6) is 0 Å². The Balaban J connectivity index is 2.13. The van der Waals surface area contributed by atoms with Crippen molar-refractivity contribution >= 4 is 22.6 Å². The van der Waals surface area contributed by atoms with Crippen LogP contribution in [0.25, 0.3) is 11.0 Å². The molecule has 0 radical (unpaired) electrons. The van der Waals surface area contributed by atoms with E-state index in [1.54, 1.807) is 12.4 Å². The number of imidazole rings is 1. The smallest absolute Gasteiger partial charge is 0.111 e. The van der Waals surface area contributed by atoms with E-state index in [2.05, 4.69) is 14.5 Å². The molecule has 90 valence electrons. The van der Waals surface area contributed by atoms with Crippen molar-refractivity contribution in [1.82, 2.24) is 14.5 Å². The Morgan fingerprint density at radius 2 is 2.47 bits per heavy atom. The molecule has 0 aliphatic carbocycles. The van der Waals surface area contributed by atoms with Crippen LogP contribution in [0.1, 0.15) is 18.3 Å². The molecule has 3 heterocycles. The molecule has 4 nitrogen and oxygen atoms in total. The Hall–Kier alpha value is -1.13. The Morgan fingerprint density at radius 1 is 1.53 bits per heavy atom. The van der Waals surface area contributed by atoms with Gasteiger partial charge in [-0.2, -0.15) is 0 Å². The summed E-state index contributed by atoms with van der Waals surface area (Å²) >= 11 is 5.84. The van der Waals surface area contributed by atoms with E-state index in [0.29, 0.717) is 11.9 Å². The highest BCUT2D eigenvalue weighted by atomic mass is 35.5. The standard InChI is InChI=1S/C12H14ClN3O/c13-4-1-12-15-10-7-14-5-2-11(10)16(12)9-3-6-17-8-9/h2,5,7,9H,1,3-4,6,8H2. The van der Waals surface area contributed by atoms with Crippen LogP contribution in [0.15, 0.2) is 18.5 Å². The van der Waals surface area contributed by atoms with Crippen LogP contribution in [0.2, 0.25) is 0 Å². The molecule has 1 fully saturated rings. The van der Waals surface area contributed by atoms with Gasteiger partial charge >= 0.3 is 0 Å². The first kappa shape index (κ1) is 11.0. The summed E-state index contributed by atoms with van der Waals surface area (Å²) in [5, 5.41) is 0. The molecule has 1 atom stereocenters. The molecule has 2 aromatic rings. The van der Waals surface area contributed by atoms with E-state index in [9.17, 15) is 0 Å². The van der Waals surface area contributed by atoms with Gasteiger partial charge in [0.25, 0.3) is 0 Å². The van der Waals surface area contributed by atoms with E-state index in [1.165, 1.54) is 0 Å². The van der Waals surface area contributed by atoms with Crippen LogP contribution in [0.4, 0.5) is 0 Å². The lowest BCUT2D eigenvalue weighted by Crippen LogP contribution is -2.12. The quantitative estimate of drug-likeness (QED) is 0.785. The van der Waals surface area contributed by atoms with Crippen molar-refractivity contribution in [2.24, 2.45) is 0 Å². The minimum Gasteiger partial charge on any atom is -0.379 e. The van der Waals surface area contributed by atoms with Crippen LogP contribution in [-0.2, 0) is 11.2 Å². The highest BCUT2D eigenvalue weighted by Gasteiger charge is 2.22. The minimum atomic E-state index is 0.389. The molecule has 1 aliphatic heterocycles. The SMILES string of the molecule is ClCCc1nc2cnccc2n1C1CCOC1. The topological polar surface area (TPSA) is 39.9 Å². The fourth-order valence-electron chi connectivity index (χ4n) is 2.39. The lowest BCUT2D eigenvalue weighted by Gasteiger charge is -2.14. The van der Waals surface area contributed by atoms with Crippen LogP contribution in [0, 0.1) is 0 Å². The Labute approximate surface area is 105 Å². The molecule has 2 aromatic heterocycles. The van der Waals surface area contributed by atoms with Gasteiger partial charge in [-0.05, 0) is 12.5 Å². The number of ether oxygens (including phenoxy) is 1. The molecular formula is C12H14ClN3O. The van der Waals surface area contributed by atoms with E-state index in [1.807, 2.05) is 6.07 Å². The van der Waals surface area contributed by atoms with E-state index >= 15 is 0 Å². The predicted molar refractivity (Wildman–Crippen MR) is 66.4 cm³/mol. The molecule has 0 aromatic carbocycles. The average molecular weight is 252 g/mol. The van der Waals surface area contributed by atoms with Gasteiger partial charge in [-0.1, -0.05) is 0 Å². The van der Waals surface area contributed by atoms with Gasteiger partial charge in [0.15, 0.2) is 0 Å². The maximum Gasteiger partial charge on any atom is 0.111 e. The molecule has 0 spiro atoms. The fourth-order valence-corrected chi connectivity index (χ4v) is 2.56. The first-order valence-corrected chi connectivity index (χ1v) is 6.38. The fraction of sp³-hybridized carbons (Fsp3) is 0.500. The number of rotatable bonds is 3. The van der Waals surface area contributed by atoms with Crippen molar-refractivity contribution in [2.45, 2.75) is 18.9 Å². The van der Waals surface area contributed by atoms with Crippen molar-refractivity contribution in [2.75, 3.05) is 19.1 Å². The van der Waals surface area contributed by atoms with Crippen LogP contribution in [-0.4, -0.2) is 33.6 Å². The number of aromatic nitrogens is 3. The molecule has 0 amide bonds. The number of hydrogen-bond donors (Lipinski definition) is 0. The van der Waals surface area contributed by atoms with Crippen LogP contribution >= 0.6 is 11.6 Å². The lowest BCUT2D eigenvalue weighted by molar-refractivity contribution is 0.186. The summed E-state index contributed by atoms with van der Waals surface area (Å²) in [5.74, 6) is 1.63. The number of nitrogens with zero attached hydrogens (tertiary/aromatic N) is 3. The number of hydrogen-bond acceptors (Lipinski definition) is 3. The van der Waals surface area contributed by atoms with E-state index in [4.69, 9.17) is 16.3 Å².